The van der Waals surface area contributed by atoms with E-state index in [1.54, 1.807) is 11.3 Å². The average molecular weight is 267 g/mol. The fraction of sp³-hybridized carbons (Fsp3) is 0.667. The summed E-state index contributed by atoms with van der Waals surface area (Å²) in [4.78, 5) is 8.81. The largest absolute Gasteiger partial charge is 0.353 e. The number of hydrogen-bond acceptors (Lipinski definition) is 4. The Hall–Kier alpha value is -1.14. The minimum Gasteiger partial charge on any atom is -0.353 e. The SMILES string of the molecule is Cc1nc(CN=C(NN)NC2CCCCC2)cs1. The molecule has 0 aliphatic heterocycles. The molecule has 5 nitrogen and oxygen atoms in total. The second kappa shape index (κ2) is 6.70. The van der Waals surface area contributed by atoms with E-state index in [0.29, 0.717) is 18.5 Å². The summed E-state index contributed by atoms with van der Waals surface area (Å²) in [6, 6.07) is 0.505. The van der Waals surface area contributed by atoms with E-state index in [-0.39, 0.29) is 0 Å². The van der Waals surface area contributed by atoms with Gasteiger partial charge in [-0.25, -0.2) is 15.8 Å². The van der Waals surface area contributed by atoms with Gasteiger partial charge >= 0.3 is 0 Å². The molecule has 0 radical (unpaired) electrons. The number of nitrogens with zero attached hydrogens (tertiary/aromatic N) is 2. The van der Waals surface area contributed by atoms with Crippen LogP contribution in [0.5, 0.6) is 0 Å². The predicted octanol–water partition coefficient (Wildman–Crippen LogP) is 1.69. The number of hydrazine groups is 1. The van der Waals surface area contributed by atoms with Crippen molar-refractivity contribution in [3.05, 3.63) is 16.1 Å². The molecule has 0 aromatic carbocycles. The highest BCUT2D eigenvalue weighted by Gasteiger charge is 2.14. The summed E-state index contributed by atoms with van der Waals surface area (Å²) in [5, 5.41) is 6.48. The lowest BCUT2D eigenvalue weighted by molar-refractivity contribution is 0.410. The minimum atomic E-state index is 0.505. The van der Waals surface area contributed by atoms with Crippen molar-refractivity contribution in [3.63, 3.8) is 0 Å². The lowest BCUT2D eigenvalue weighted by Crippen LogP contribution is -2.47. The number of hydrogen-bond donors (Lipinski definition) is 3. The summed E-state index contributed by atoms with van der Waals surface area (Å²) < 4.78 is 0. The van der Waals surface area contributed by atoms with Crippen molar-refractivity contribution in [2.24, 2.45) is 10.8 Å². The van der Waals surface area contributed by atoms with Gasteiger partial charge in [-0.05, 0) is 19.8 Å². The smallest absolute Gasteiger partial charge is 0.206 e. The van der Waals surface area contributed by atoms with Gasteiger partial charge in [-0.2, -0.15) is 0 Å². The number of aliphatic imine (C=N–C) groups is 1. The highest BCUT2D eigenvalue weighted by molar-refractivity contribution is 7.09. The molecular weight excluding hydrogens is 246 g/mol. The lowest BCUT2D eigenvalue weighted by atomic mass is 9.96. The van der Waals surface area contributed by atoms with Gasteiger partial charge in [-0.15, -0.1) is 11.3 Å². The van der Waals surface area contributed by atoms with Gasteiger partial charge in [0.25, 0.3) is 0 Å². The Morgan fingerprint density at radius 2 is 2.28 bits per heavy atom. The fourth-order valence-electron chi connectivity index (χ4n) is 2.21. The zero-order chi connectivity index (χ0) is 12.8. The summed E-state index contributed by atoms with van der Waals surface area (Å²) in [7, 11) is 0. The number of aromatic nitrogens is 1. The maximum absolute atomic E-state index is 5.50. The molecule has 0 bridgehead atoms. The molecule has 6 heteroatoms. The Labute approximate surface area is 112 Å². The summed E-state index contributed by atoms with van der Waals surface area (Å²) in [6.45, 7) is 2.57. The molecule has 4 N–H and O–H groups in total. The number of thiazole rings is 1. The van der Waals surface area contributed by atoms with Gasteiger partial charge in [0.1, 0.15) is 0 Å². The van der Waals surface area contributed by atoms with E-state index in [2.05, 4.69) is 20.7 Å². The third kappa shape index (κ3) is 3.96. The zero-order valence-corrected chi connectivity index (χ0v) is 11.6. The quantitative estimate of drug-likeness (QED) is 0.337. The molecule has 0 saturated heterocycles. The first-order valence-electron chi connectivity index (χ1n) is 6.46. The molecule has 0 atom stereocenters. The zero-order valence-electron chi connectivity index (χ0n) is 10.8. The molecule has 1 aliphatic carbocycles. The number of nitrogens with one attached hydrogen (secondary N) is 2. The molecule has 1 fully saturated rings. The van der Waals surface area contributed by atoms with E-state index in [1.165, 1.54) is 32.1 Å². The van der Waals surface area contributed by atoms with Crippen LogP contribution in [0.2, 0.25) is 0 Å². The molecule has 1 aromatic rings. The normalized spacial score (nSPS) is 17.8. The monoisotopic (exact) mass is 267 g/mol. The van der Waals surface area contributed by atoms with Crippen LogP contribution in [0.3, 0.4) is 0 Å². The van der Waals surface area contributed by atoms with Gasteiger partial charge in [0.2, 0.25) is 5.96 Å². The second-order valence-electron chi connectivity index (χ2n) is 4.65. The van der Waals surface area contributed by atoms with E-state index in [0.717, 1.165) is 10.7 Å². The van der Waals surface area contributed by atoms with Crippen molar-refractivity contribution in [2.75, 3.05) is 0 Å². The Balaban J connectivity index is 1.86. The van der Waals surface area contributed by atoms with Crippen molar-refractivity contribution < 1.29 is 0 Å². The van der Waals surface area contributed by atoms with E-state index in [1.807, 2.05) is 12.3 Å². The third-order valence-corrected chi connectivity index (χ3v) is 3.97. The molecule has 1 heterocycles. The van der Waals surface area contributed by atoms with E-state index >= 15 is 0 Å². The van der Waals surface area contributed by atoms with Crippen molar-refractivity contribution in [2.45, 2.75) is 51.6 Å². The van der Waals surface area contributed by atoms with Gasteiger partial charge in [-0.3, -0.25) is 5.43 Å². The van der Waals surface area contributed by atoms with E-state index in [4.69, 9.17) is 5.84 Å². The molecule has 18 heavy (non-hydrogen) atoms. The van der Waals surface area contributed by atoms with Crippen molar-refractivity contribution in [1.29, 1.82) is 0 Å². The molecule has 1 aromatic heterocycles. The summed E-state index contributed by atoms with van der Waals surface area (Å²) >= 11 is 1.65. The van der Waals surface area contributed by atoms with Crippen molar-refractivity contribution >= 4 is 17.3 Å². The Morgan fingerprint density at radius 1 is 1.50 bits per heavy atom. The van der Waals surface area contributed by atoms with Crippen molar-refractivity contribution in [3.8, 4) is 0 Å². The van der Waals surface area contributed by atoms with Crippen molar-refractivity contribution in [1.82, 2.24) is 15.7 Å². The topological polar surface area (TPSA) is 75.3 Å². The number of rotatable bonds is 3. The molecule has 0 amide bonds. The minimum absolute atomic E-state index is 0.505. The Morgan fingerprint density at radius 3 is 2.89 bits per heavy atom. The molecule has 100 valence electrons. The average Bonchev–Trinajstić information content (AvgIpc) is 2.81. The number of nitrogens with two attached hydrogens (primary N) is 1. The molecule has 0 unspecified atom stereocenters. The van der Waals surface area contributed by atoms with Crippen LogP contribution in [-0.4, -0.2) is 17.0 Å². The molecule has 2 rings (SSSR count). The van der Waals surface area contributed by atoms with E-state index in [9.17, 15) is 0 Å². The Kier molecular flexibility index (Phi) is 4.95. The number of aryl methyl sites for hydroxylation is 1. The second-order valence-corrected chi connectivity index (χ2v) is 5.71. The van der Waals surface area contributed by atoms with Gasteiger partial charge in [0.05, 0.1) is 17.2 Å². The van der Waals surface area contributed by atoms with Gasteiger partial charge in [0, 0.05) is 11.4 Å². The summed E-state index contributed by atoms with van der Waals surface area (Å²) in [6.07, 6.45) is 6.34. The van der Waals surface area contributed by atoms with Crippen LogP contribution in [0, 0.1) is 6.92 Å². The third-order valence-electron chi connectivity index (χ3n) is 3.15. The standard InChI is InChI=1S/C12H21N5S/c1-9-15-11(8-18-9)7-14-12(17-13)16-10-5-3-2-4-6-10/h8,10H,2-7,13H2,1H3,(H2,14,16,17). The number of guanidine groups is 1. The molecule has 1 aliphatic rings. The highest BCUT2D eigenvalue weighted by atomic mass is 32.1. The highest BCUT2D eigenvalue weighted by Crippen LogP contribution is 2.17. The predicted molar refractivity (Wildman–Crippen MR) is 75.3 cm³/mol. The van der Waals surface area contributed by atoms with Crippen LogP contribution < -0.4 is 16.6 Å². The maximum atomic E-state index is 5.50. The molecular formula is C12H21N5S. The van der Waals surface area contributed by atoms with Crippen LogP contribution in [0.1, 0.15) is 42.8 Å². The summed E-state index contributed by atoms with van der Waals surface area (Å²) in [5.74, 6) is 6.17. The van der Waals surface area contributed by atoms with Crippen LogP contribution in [0.4, 0.5) is 0 Å². The first-order valence-corrected chi connectivity index (χ1v) is 7.34. The van der Waals surface area contributed by atoms with Crippen LogP contribution in [0.15, 0.2) is 10.4 Å². The van der Waals surface area contributed by atoms with Crippen LogP contribution in [-0.2, 0) is 6.54 Å². The lowest BCUT2D eigenvalue weighted by Gasteiger charge is -2.24. The van der Waals surface area contributed by atoms with Gasteiger partial charge in [0.15, 0.2) is 0 Å². The van der Waals surface area contributed by atoms with Crippen LogP contribution >= 0.6 is 11.3 Å². The maximum Gasteiger partial charge on any atom is 0.206 e. The van der Waals surface area contributed by atoms with Gasteiger partial charge < -0.3 is 5.32 Å². The first kappa shape index (κ1) is 13.3. The Bertz CT molecular complexity index is 395. The first-order chi connectivity index (χ1) is 8.78. The fourth-order valence-corrected chi connectivity index (χ4v) is 2.82. The van der Waals surface area contributed by atoms with Crippen LogP contribution in [0.25, 0.3) is 0 Å². The molecule has 1 saturated carbocycles. The van der Waals surface area contributed by atoms with Gasteiger partial charge in [-0.1, -0.05) is 19.3 Å². The van der Waals surface area contributed by atoms with E-state index < -0.39 is 0 Å². The summed E-state index contributed by atoms with van der Waals surface area (Å²) in [5.41, 5.74) is 3.64. The molecule has 0 spiro atoms.